The Morgan fingerprint density at radius 3 is 2.58 bits per heavy atom. The molecule has 0 N–H and O–H groups in total. The van der Waals surface area contributed by atoms with Crippen LogP contribution in [0.15, 0.2) is 18.2 Å². The molecular formula is C16H24ClNO. The summed E-state index contributed by atoms with van der Waals surface area (Å²) in [5, 5.41) is 0.732. The molecule has 0 amide bonds. The molecule has 0 aromatic heterocycles. The van der Waals surface area contributed by atoms with Gasteiger partial charge < -0.3 is 4.74 Å². The number of nitrogens with zero attached hydrogens (tertiary/aromatic N) is 1. The number of likely N-dealkylation sites (tertiary alicyclic amines) is 1. The topological polar surface area (TPSA) is 12.5 Å². The average molecular weight is 282 g/mol. The number of hydrogen-bond acceptors (Lipinski definition) is 2. The maximum absolute atomic E-state index is 6.22. The van der Waals surface area contributed by atoms with E-state index >= 15 is 0 Å². The molecule has 19 heavy (non-hydrogen) atoms. The number of aryl methyl sites for hydroxylation is 1. The largest absolute Gasteiger partial charge is 0.490 e. The molecule has 1 saturated heterocycles. The molecule has 1 aromatic rings. The van der Waals surface area contributed by atoms with Crippen LogP contribution < -0.4 is 4.74 Å². The molecule has 0 atom stereocenters. The molecule has 0 unspecified atom stereocenters. The number of halogens is 1. The molecule has 1 fully saturated rings. The lowest BCUT2D eigenvalue weighted by atomic mass is 10.1. The molecule has 1 heterocycles. The molecule has 0 saturated carbocycles. The van der Waals surface area contributed by atoms with Gasteiger partial charge in [0.25, 0.3) is 0 Å². The molecule has 1 aromatic carbocycles. The second-order valence-corrected chi connectivity index (χ2v) is 5.59. The van der Waals surface area contributed by atoms with Crippen LogP contribution in [0.4, 0.5) is 0 Å². The van der Waals surface area contributed by atoms with Crippen molar-refractivity contribution in [2.24, 2.45) is 0 Å². The predicted octanol–water partition coefficient (Wildman–Crippen LogP) is 4.16. The fourth-order valence-corrected chi connectivity index (χ4v) is 2.88. The van der Waals surface area contributed by atoms with Gasteiger partial charge >= 0.3 is 0 Å². The van der Waals surface area contributed by atoms with Gasteiger partial charge in [-0.3, -0.25) is 4.90 Å². The van der Waals surface area contributed by atoms with Gasteiger partial charge in [-0.1, -0.05) is 43.5 Å². The summed E-state index contributed by atoms with van der Waals surface area (Å²) >= 11 is 6.22. The van der Waals surface area contributed by atoms with Crippen molar-refractivity contribution in [3.63, 3.8) is 0 Å². The summed E-state index contributed by atoms with van der Waals surface area (Å²) in [6.07, 6.45) is 6.36. The van der Waals surface area contributed by atoms with E-state index in [0.717, 1.165) is 30.3 Å². The minimum atomic E-state index is 0.732. The number of ether oxygens (including phenoxy) is 1. The minimum absolute atomic E-state index is 0.732. The number of para-hydroxylation sites is 1. The zero-order valence-electron chi connectivity index (χ0n) is 11.8. The van der Waals surface area contributed by atoms with Crippen molar-refractivity contribution in [1.82, 2.24) is 4.90 Å². The van der Waals surface area contributed by atoms with Crippen LogP contribution >= 0.6 is 11.6 Å². The summed E-state index contributed by atoms with van der Waals surface area (Å²) < 4.78 is 5.93. The fraction of sp³-hybridized carbons (Fsp3) is 0.625. The van der Waals surface area contributed by atoms with Crippen molar-refractivity contribution in [2.45, 2.75) is 39.0 Å². The lowest BCUT2D eigenvalue weighted by molar-refractivity contribution is 0.213. The highest BCUT2D eigenvalue weighted by Crippen LogP contribution is 2.28. The highest BCUT2D eigenvalue weighted by molar-refractivity contribution is 6.32. The van der Waals surface area contributed by atoms with Crippen molar-refractivity contribution in [2.75, 3.05) is 26.2 Å². The first-order valence-electron chi connectivity index (χ1n) is 7.44. The molecule has 0 spiro atoms. The molecule has 3 heteroatoms. The van der Waals surface area contributed by atoms with Gasteiger partial charge in [0.05, 0.1) is 5.02 Å². The third kappa shape index (κ3) is 4.39. The second kappa shape index (κ2) is 7.76. The van der Waals surface area contributed by atoms with E-state index in [-0.39, 0.29) is 0 Å². The molecule has 1 aliphatic heterocycles. The highest BCUT2D eigenvalue weighted by Gasteiger charge is 2.10. The van der Waals surface area contributed by atoms with E-state index in [1.807, 2.05) is 12.1 Å². The van der Waals surface area contributed by atoms with Gasteiger partial charge in [0.1, 0.15) is 12.4 Å². The minimum Gasteiger partial charge on any atom is -0.490 e. The van der Waals surface area contributed by atoms with Crippen LogP contribution in [0, 0.1) is 0 Å². The predicted molar refractivity (Wildman–Crippen MR) is 81.2 cm³/mol. The second-order valence-electron chi connectivity index (χ2n) is 5.19. The van der Waals surface area contributed by atoms with Crippen LogP contribution in [0.1, 0.15) is 38.2 Å². The van der Waals surface area contributed by atoms with Crippen molar-refractivity contribution in [1.29, 1.82) is 0 Å². The van der Waals surface area contributed by atoms with Gasteiger partial charge in [0.2, 0.25) is 0 Å². The lowest BCUT2D eigenvalue weighted by Crippen LogP contribution is -2.29. The van der Waals surface area contributed by atoms with E-state index < -0.39 is 0 Å². The van der Waals surface area contributed by atoms with Crippen LogP contribution in [0.2, 0.25) is 5.02 Å². The SMILES string of the molecule is CCc1cccc(Cl)c1OCCN1CCCCCC1. The third-order valence-corrected chi connectivity index (χ3v) is 4.08. The molecule has 2 rings (SSSR count). The Morgan fingerprint density at radius 2 is 1.89 bits per heavy atom. The van der Waals surface area contributed by atoms with Crippen molar-refractivity contribution < 1.29 is 4.74 Å². The van der Waals surface area contributed by atoms with Crippen molar-refractivity contribution in [3.05, 3.63) is 28.8 Å². The first-order chi connectivity index (χ1) is 9.31. The van der Waals surface area contributed by atoms with E-state index in [0.29, 0.717) is 0 Å². The summed E-state index contributed by atoms with van der Waals surface area (Å²) in [4.78, 5) is 2.51. The lowest BCUT2D eigenvalue weighted by Gasteiger charge is -2.20. The van der Waals surface area contributed by atoms with E-state index in [4.69, 9.17) is 16.3 Å². The maximum Gasteiger partial charge on any atom is 0.141 e. The van der Waals surface area contributed by atoms with E-state index in [9.17, 15) is 0 Å². The summed E-state index contributed by atoms with van der Waals surface area (Å²) in [6, 6.07) is 5.98. The Hall–Kier alpha value is -0.730. The van der Waals surface area contributed by atoms with Gasteiger partial charge in [-0.2, -0.15) is 0 Å². The summed E-state index contributed by atoms with van der Waals surface area (Å²) in [5.74, 6) is 0.876. The van der Waals surface area contributed by atoms with E-state index in [1.165, 1.54) is 44.3 Å². The number of hydrogen-bond donors (Lipinski definition) is 0. The monoisotopic (exact) mass is 281 g/mol. The molecular weight excluding hydrogens is 258 g/mol. The van der Waals surface area contributed by atoms with Crippen LogP contribution in [-0.4, -0.2) is 31.1 Å². The molecule has 1 aliphatic rings. The van der Waals surface area contributed by atoms with Crippen LogP contribution in [0.3, 0.4) is 0 Å². The standard InChI is InChI=1S/C16H24ClNO/c1-2-14-8-7-9-15(17)16(14)19-13-12-18-10-5-3-4-6-11-18/h7-9H,2-6,10-13H2,1H3. The van der Waals surface area contributed by atoms with Gasteiger partial charge in [-0.05, 0) is 44.0 Å². The zero-order chi connectivity index (χ0) is 13.5. The number of benzene rings is 1. The molecule has 0 bridgehead atoms. The summed E-state index contributed by atoms with van der Waals surface area (Å²) in [5.41, 5.74) is 1.20. The van der Waals surface area contributed by atoms with Crippen molar-refractivity contribution in [3.8, 4) is 5.75 Å². The average Bonchev–Trinajstić information content (AvgIpc) is 2.69. The van der Waals surface area contributed by atoms with Crippen LogP contribution in [0.25, 0.3) is 0 Å². The van der Waals surface area contributed by atoms with Crippen LogP contribution in [0.5, 0.6) is 5.75 Å². The first kappa shape index (κ1) is 14.7. The zero-order valence-corrected chi connectivity index (χ0v) is 12.6. The summed E-state index contributed by atoms with van der Waals surface area (Å²) in [6.45, 7) is 6.30. The Labute approximate surface area is 121 Å². The Morgan fingerprint density at radius 1 is 1.16 bits per heavy atom. The van der Waals surface area contributed by atoms with Gasteiger partial charge in [-0.25, -0.2) is 0 Å². The quantitative estimate of drug-likeness (QED) is 0.804. The van der Waals surface area contributed by atoms with Crippen LogP contribution in [-0.2, 0) is 6.42 Å². The van der Waals surface area contributed by atoms with Gasteiger partial charge in [-0.15, -0.1) is 0 Å². The fourth-order valence-electron chi connectivity index (χ4n) is 2.63. The first-order valence-corrected chi connectivity index (χ1v) is 7.81. The smallest absolute Gasteiger partial charge is 0.141 e. The van der Waals surface area contributed by atoms with E-state index in [2.05, 4.69) is 17.9 Å². The molecule has 106 valence electrons. The number of rotatable bonds is 5. The Balaban J connectivity index is 1.85. The molecule has 2 nitrogen and oxygen atoms in total. The van der Waals surface area contributed by atoms with Crippen molar-refractivity contribution >= 4 is 11.6 Å². The van der Waals surface area contributed by atoms with Gasteiger partial charge in [0.15, 0.2) is 0 Å². The normalized spacial score (nSPS) is 17.2. The van der Waals surface area contributed by atoms with Gasteiger partial charge in [0, 0.05) is 6.54 Å². The molecule has 0 aliphatic carbocycles. The third-order valence-electron chi connectivity index (χ3n) is 3.78. The summed E-state index contributed by atoms with van der Waals surface area (Å²) in [7, 11) is 0. The Kier molecular flexibility index (Phi) is 5.99. The van der Waals surface area contributed by atoms with E-state index in [1.54, 1.807) is 0 Å². The maximum atomic E-state index is 6.22. The molecule has 0 radical (unpaired) electrons. The highest BCUT2D eigenvalue weighted by atomic mass is 35.5. The Bertz CT molecular complexity index is 386.